The molecule has 2 aliphatic heterocycles. The van der Waals surface area contributed by atoms with Crippen LogP contribution in [0.25, 0.3) is 10.9 Å². The maximum absolute atomic E-state index is 13.2. The molecule has 0 radical (unpaired) electrons. The number of nitrogens with one attached hydrogen (secondary N) is 1. The minimum atomic E-state index is -4.38. The molecule has 2 aromatic carbocycles. The summed E-state index contributed by atoms with van der Waals surface area (Å²) in [5.41, 5.74) is 3.50. The predicted octanol–water partition coefficient (Wildman–Crippen LogP) is 3.84. The molecule has 0 bridgehead atoms. The minimum Gasteiger partial charge on any atom is -0.365 e. The topological polar surface area (TPSA) is 65.5 Å². The molecule has 1 saturated heterocycles. The van der Waals surface area contributed by atoms with Gasteiger partial charge in [-0.1, -0.05) is 12.1 Å². The van der Waals surface area contributed by atoms with Crippen molar-refractivity contribution in [2.24, 2.45) is 0 Å². The quantitative estimate of drug-likeness (QED) is 0.583. The molecule has 3 amide bonds. The van der Waals surface area contributed by atoms with Gasteiger partial charge < -0.3 is 9.80 Å². The summed E-state index contributed by atoms with van der Waals surface area (Å²) < 4.78 is 39.6. The fraction of sp³-hybridized carbons (Fsp3) is 0.320. The Morgan fingerprint density at radius 3 is 2.50 bits per heavy atom. The molecule has 1 N–H and O–H groups in total. The highest BCUT2D eigenvalue weighted by molar-refractivity contribution is 6.07. The molecule has 6 nitrogen and oxygen atoms in total. The van der Waals surface area contributed by atoms with Crippen molar-refractivity contribution in [2.45, 2.75) is 37.5 Å². The number of fused-ring (bicyclic) bond motifs is 3. The Balaban J connectivity index is 1.29. The van der Waals surface area contributed by atoms with Gasteiger partial charge in [-0.05, 0) is 53.4 Å². The van der Waals surface area contributed by atoms with E-state index >= 15 is 0 Å². The van der Waals surface area contributed by atoms with Crippen LogP contribution in [0.2, 0.25) is 0 Å². The van der Waals surface area contributed by atoms with E-state index in [0.29, 0.717) is 38.0 Å². The predicted molar refractivity (Wildman–Crippen MR) is 119 cm³/mol. The zero-order valence-corrected chi connectivity index (χ0v) is 18.4. The highest BCUT2D eigenvalue weighted by atomic mass is 19.4. The standard InChI is InChI=1S/C25H21F3N4O2/c1-31-23(34)30-22(33)24(31)11-16-8-15-3-5-19(29-20(15)9-17(16)12-24)13-32-7-6-14-2-4-18(10-21(14)32)25(26,27)28/h2-5,8-10H,6-7,11-13H2,1H3,(H,30,33,34). The first kappa shape index (κ1) is 20.9. The summed E-state index contributed by atoms with van der Waals surface area (Å²) in [6.45, 7) is 1.05. The summed E-state index contributed by atoms with van der Waals surface area (Å²) in [6, 6.07) is 11.4. The van der Waals surface area contributed by atoms with Gasteiger partial charge >= 0.3 is 12.2 Å². The van der Waals surface area contributed by atoms with E-state index in [4.69, 9.17) is 4.98 Å². The van der Waals surface area contributed by atoms with E-state index in [1.807, 2.05) is 29.2 Å². The molecular formula is C25H21F3N4O2. The van der Waals surface area contributed by atoms with Crippen molar-refractivity contribution >= 4 is 28.5 Å². The molecule has 34 heavy (non-hydrogen) atoms. The van der Waals surface area contributed by atoms with Crippen molar-refractivity contribution < 1.29 is 22.8 Å². The van der Waals surface area contributed by atoms with Crippen LogP contribution >= 0.6 is 0 Å². The molecule has 1 spiro atoms. The van der Waals surface area contributed by atoms with Gasteiger partial charge in [-0.25, -0.2) is 4.79 Å². The van der Waals surface area contributed by atoms with E-state index < -0.39 is 17.3 Å². The summed E-state index contributed by atoms with van der Waals surface area (Å²) in [5.74, 6) is -0.278. The molecule has 3 aromatic rings. The van der Waals surface area contributed by atoms with Crippen LogP contribution in [0.1, 0.15) is 27.9 Å². The number of anilines is 1. The molecule has 1 unspecified atom stereocenters. The first-order valence-corrected chi connectivity index (χ1v) is 11.1. The van der Waals surface area contributed by atoms with Crippen molar-refractivity contribution in [1.29, 1.82) is 0 Å². The number of nitrogens with zero attached hydrogens (tertiary/aromatic N) is 3. The smallest absolute Gasteiger partial charge is 0.365 e. The fourth-order valence-corrected chi connectivity index (χ4v) is 5.44. The van der Waals surface area contributed by atoms with Gasteiger partial charge in [0.15, 0.2) is 0 Å². The van der Waals surface area contributed by atoms with Gasteiger partial charge in [0, 0.05) is 37.5 Å². The van der Waals surface area contributed by atoms with E-state index in [1.165, 1.54) is 11.0 Å². The Morgan fingerprint density at radius 2 is 1.79 bits per heavy atom. The van der Waals surface area contributed by atoms with Crippen LogP contribution < -0.4 is 10.2 Å². The number of amides is 3. The van der Waals surface area contributed by atoms with Gasteiger partial charge in [-0.3, -0.25) is 15.1 Å². The van der Waals surface area contributed by atoms with Gasteiger partial charge in [0.05, 0.1) is 23.3 Å². The zero-order chi connectivity index (χ0) is 23.8. The van der Waals surface area contributed by atoms with Crippen molar-refractivity contribution in [2.75, 3.05) is 18.5 Å². The zero-order valence-electron chi connectivity index (χ0n) is 18.4. The van der Waals surface area contributed by atoms with E-state index in [1.54, 1.807) is 13.1 Å². The number of aromatic nitrogens is 1. The highest BCUT2D eigenvalue weighted by Crippen LogP contribution is 2.39. The second-order valence-electron chi connectivity index (χ2n) is 9.33. The fourth-order valence-electron chi connectivity index (χ4n) is 5.44. The summed E-state index contributed by atoms with van der Waals surface area (Å²) in [7, 11) is 1.64. The summed E-state index contributed by atoms with van der Waals surface area (Å²) in [4.78, 5) is 32.8. The third kappa shape index (κ3) is 3.06. The number of carbonyl (C=O) groups excluding carboxylic acids is 2. The molecule has 1 atom stereocenters. The lowest BCUT2D eigenvalue weighted by atomic mass is 9.95. The second kappa shape index (κ2) is 6.94. The number of carbonyl (C=O) groups is 2. The number of benzene rings is 2. The van der Waals surface area contributed by atoms with Crippen LogP contribution in [-0.4, -0.2) is 41.0 Å². The van der Waals surface area contributed by atoms with E-state index in [9.17, 15) is 22.8 Å². The number of pyridine rings is 1. The normalized spacial score (nSPS) is 21.5. The van der Waals surface area contributed by atoms with Crippen LogP contribution in [0, 0.1) is 0 Å². The first-order chi connectivity index (χ1) is 16.1. The third-order valence-corrected chi connectivity index (χ3v) is 7.38. The maximum Gasteiger partial charge on any atom is 0.416 e. The lowest BCUT2D eigenvalue weighted by molar-refractivity contribution is -0.137. The highest BCUT2D eigenvalue weighted by Gasteiger charge is 2.54. The minimum absolute atomic E-state index is 0.278. The Morgan fingerprint density at radius 1 is 1.03 bits per heavy atom. The summed E-state index contributed by atoms with van der Waals surface area (Å²) >= 11 is 0. The SMILES string of the molecule is CN1C(=O)NC(=O)C12Cc1cc3ccc(CN4CCc5ccc(C(F)(F)F)cc54)nc3cc1C2. The average molecular weight is 466 g/mol. The summed E-state index contributed by atoms with van der Waals surface area (Å²) in [5, 5.41) is 3.33. The van der Waals surface area contributed by atoms with Crippen molar-refractivity contribution in [1.82, 2.24) is 15.2 Å². The van der Waals surface area contributed by atoms with Crippen LogP contribution in [0.3, 0.4) is 0 Å². The summed E-state index contributed by atoms with van der Waals surface area (Å²) in [6.07, 6.45) is -2.79. The molecule has 1 fully saturated rings. The monoisotopic (exact) mass is 466 g/mol. The van der Waals surface area contributed by atoms with Crippen LogP contribution in [0.5, 0.6) is 0 Å². The molecule has 1 aliphatic carbocycles. The number of hydrogen-bond donors (Lipinski definition) is 1. The molecular weight excluding hydrogens is 445 g/mol. The van der Waals surface area contributed by atoms with Crippen LogP contribution in [-0.2, 0) is 36.8 Å². The number of imide groups is 1. The molecule has 3 heterocycles. The number of rotatable bonds is 2. The Hall–Kier alpha value is -3.62. The van der Waals surface area contributed by atoms with E-state index in [0.717, 1.165) is 39.4 Å². The number of hydrogen-bond acceptors (Lipinski definition) is 4. The van der Waals surface area contributed by atoms with Gasteiger partial charge in [0.1, 0.15) is 5.54 Å². The molecule has 1 aromatic heterocycles. The Bertz CT molecular complexity index is 1390. The Kier molecular flexibility index (Phi) is 4.28. The number of halogens is 3. The molecule has 0 saturated carbocycles. The van der Waals surface area contributed by atoms with Gasteiger partial charge in [0.2, 0.25) is 0 Å². The van der Waals surface area contributed by atoms with Gasteiger partial charge in [-0.2, -0.15) is 13.2 Å². The second-order valence-corrected chi connectivity index (χ2v) is 9.33. The van der Waals surface area contributed by atoms with Crippen LogP contribution in [0.15, 0.2) is 42.5 Å². The molecule has 3 aliphatic rings. The number of likely N-dealkylation sites (N-methyl/N-ethyl adjacent to an activating group) is 1. The van der Waals surface area contributed by atoms with Gasteiger partial charge in [0.25, 0.3) is 5.91 Å². The molecule has 174 valence electrons. The third-order valence-electron chi connectivity index (χ3n) is 7.38. The lowest BCUT2D eigenvalue weighted by Crippen LogP contribution is -2.48. The lowest BCUT2D eigenvalue weighted by Gasteiger charge is -2.27. The largest absolute Gasteiger partial charge is 0.416 e. The molecule has 9 heteroatoms. The Labute approximate surface area is 193 Å². The van der Waals surface area contributed by atoms with Crippen molar-refractivity contribution in [3.63, 3.8) is 0 Å². The first-order valence-electron chi connectivity index (χ1n) is 11.1. The van der Waals surface area contributed by atoms with E-state index in [-0.39, 0.29) is 11.9 Å². The van der Waals surface area contributed by atoms with E-state index in [2.05, 4.69) is 5.32 Å². The van der Waals surface area contributed by atoms with Crippen LogP contribution in [0.4, 0.5) is 23.7 Å². The van der Waals surface area contributed by atoms with Crippen molar-refractivity contribution in [3.8, 4) is 0 Å². The molecule has 6 rings (SSSR count). The number of urea groups is 1. The average Bonchev–Trinajstić information content (AvgIpc) is 3.42. The van der Waals surface area contributed by atoms with Crippen molar-refractivity contribution in [3.05, 3.63) is 70.4 Å². The number of alkyl halides is 3. The maximum atomic E-state index is 13.2. The van der Waals surface area contributed by atoms with Gasteiger partial charge in [-0.15, -0.1) is 0 Å².